The van der Waals surface area contributed by atoms with E-state index in [0.29, 0.717) is 0 Å². The van der Waals surface area contributed by atoms with Crippen molar-refractivity contribution in [3.05, 3.63) is 144 Å². The van der Waals surface area contributed by atoms with Gasteiger partial charge in [-0.25, -0.2) is 0 Å². The molecule has 1 fully saturated rings. The summed E-state index contributed by atoms with van der Waals surface area (Å²) in [5.41, 5.74) is 4.94. The van der Waals surface area contributed by atoms with Crippen LogP contribution in [0.2, 0.25) is 0 Å². The maximum absolute atomic E-state index is 6.73. The lowest BCUT2D eigenvalue weighted by atomic mass is 9.77. The lowest BCUT2D eigenvalue weighted by Crippen LogP contribution is -2.35. The van der Waals surface area contributed by atoms with Crippen LogP contribution in [0.1, 0.15) is 47.9 Å². The zero-order valence-electron chi connectivity index (χ0n) is 19.2. The Morgan fingerprint density at radius 1 is 0.455 bits per heavy atom. The average Bonchev–Trinajstić information content (AvgIpc) is 3.16. The first-order valence-electron chi connectivity index (χ1n) is 11.7. The van der Waals surface area contributed by atoms with Crippen LogP contribution in [0.5, 0.6) is 0 Å². The van der Waals surface area contributed by atoms with E-state index in [9.17, 15) is 0 Å². The molecular formula is C31H30O2. The Balaban J connectivity index is 1.66. The van der Waals surface area contributed by atoms with Crippen molar-refractivity contribution in [1.82, 2.24) is 0 Å². The fraction of sp³-hybridized carbons (Fsp3) is 0.226. The molecule has 0 amide bonds. The highest BCUT2D eigenvalue weighted by Gasteiger charge is 2.49. The summed E-state index contributed by atoms with van der Waals surface area (Å²) in [6.45, 7) is 4.06. The van der Waals surface area contributed by atoms with Crippen LogP contribution in [-0.4, -0.2) is 18.0 Å². The normalized spacial score (nSPS) is 19.8. The third-order valence-corrected chi connectivity index (χ3v) is 6.46. The minimum Gasteiger partial charge on any atom is -0.344 e. The highest BCUT2D eigenvalue weighted by atomic mass is 16.8. The fourth-order valence-electron chi connectivity index (χ4n) is 5.12. The molecule has 2 heteroatoms. The van der Waals surface area contributed by atoms with E-state index in [1.165, 1.54) is 22.3 Å². The van der Waals surface area contributed by atoms with Crippen LogP contribution in [0.3, 0.4) is 0 Å². The first-order chi connectivity index (χ1) is 16.1. The third-order valence-electron chi connectivity index (χ3n) is 6.46. The van der Waals surface area contributed by atoms with Crippen LogP contribution >= 0.6 is 0 Å². The van der Waals surface area contributed by atoms with Crippen LogP contribution < -0.4 is 0 Å². The Morgan fingerprint density at radius 3 is 0.939 bits per heavy atom. The Morgan fingerprint density at radius 2 is 0.697 bits per heavy atom. The van der Waals surface area contributed by atoms with Crippen molar-refractivity contribution in [3.8, 4) is 0 Å². The quantitative estimate of drug-likeness (QED) is 0.320. The van der Waals surface area contributed by atoms with Gasteiger partial charge in [0, 0.05) is 11.8 Å². The zero-order chi connectivity index (χ0) is 22.7. The molecule has 1 aliphatic rings. The minimum atomic E-state index is -0.682. The molecule has 0 spiro atoms. The topological polar surface area (TPSA) is 18.5 Å². The second kappa shape index (κ2) is 9.35. The van der Waals surface area contributed by atoms with Gasteiger partial charge in [-0.3, -0.25) is 0 Å². The Hall–Kier alpha value is -3.20. The number of benzene rings is 4. The van der Waals surface area contributed by atoms with Gasteiger partial charge in [0.1, 0.15) is 0 Å². The smallest absolute Gasteiger partial charge is 0.163 e. The van der Waals surface area contributed by atoms with E-state index in [1.54, 1.807) is 0 Å². The van der Waals surface area contributed by atoms with E-state index >= 15 is 0 Å². The van der Waals surface area contributed by atoms with Crippen molar-refractivity contribution in [2.24, 2.45) is 0 Å². The predicted molar refractivity (Wildman–Crippen MR) is 133 cm³/mol. The van der Waals surface area contributed by atoms with Crippen molar-refractivity contribution >= 4 is 0 Å². The minimum absolute atomic E-state index is 0.0501. The fourth-order valence-corrected chi connectivity index (χ4v) is 5.12. The summed E-state index contributed by atoms with van der Waals surface area (Å²) in [5.74, 6) is -0.581. The molecule has 4 aromatic rings. The molecular weight excluding hydrogens is 404 g/mol. The monoisotopic (exact) mass is 434 g/mol. The lowest BCUT2D eigenvalue weighted by molar-refractivity contribution is -0.148. The zero-order valence-corrected chi connectivity index (χ0v) is 19.2. The summed E-state index contributed by atoms with van der Waals surface area (Å²) in [7, 11) is 0. The maximum atomic E-state index is 6.73. The number of hydrogen-bond donors (Lipinski definition) is 0. The van der Waals surface area contributed by atoms with Crippen LogP contribution in [0, 0.1) is 0 Å². The average molecular weight is 435 g/mol. The number of hydrogen-bond acceptors (Lipinski definition) is 2. The summed E-state index contributed by atoms with van der Waals surface area (Å²) >= 11 is 0. The second-order valence-corrected chi connectivity index (χ2v) is 9.16. The molecule has 5 rings (SSSR count). The van der Waals surface area contributed by atoms with Gasteiger partial charge in [-0.05, 0) is 36.1 Å². The molecule has 1 aliphatic heterocycles. The molecule has 1 saturated heterocycles. The first-order valence-corrected chi connectivity index (χ1v) is 11.7. The maximum Gasteiger partial charge on any atom is 0.163 e. The molecule has 2 nitrogen and oxygen atoms in total. The molecule has 33 heavy (non-hydrogen) atoms. The number of ether oxygens (including phenoxy) is 2. The van der Waals surface area contributed by atoms with E-state index < -0.39 is 5.79 Å². The molecule has 0 radical (unpaired) electrons. The molecule has 0 N–H and O–H groups in total. The van der Waals surface area contributed by atoms with Gasteiger partial charge in [-0.15, -0.1) is 0 Å². The van der Waals surface area contributed by atoms with Crippen LogP contribution in [0.15, 0.2) is 121 Å². The van der Waals surface area contributed by atoms with Gasteiger partial charge in [0.05, 0.1) is 12.2 Å². The van der Waals surface area contributed by atoms with Gasteiger partial charge in [-0.1, -0.05) is 121 Å². The van der Waals surface area contributed by atoms with Gasteiger partial charge >= 0.3 is 0 Å². The molecule has 4 aromatic carbocycles. The highest BCUT2D eigenvalue weighted by Crippen LogP contribution is 2.46. The van der Waals surface area contributed by atoms with Gasteiger partial charge in [-0.2, -0.15) is 0 Å². The van der Waals surface area contributed by atoms with Gasteiger partial charge in [0.2, 0.25) is 0 Å². The van der Waals surface area contributed by atoms with Crippen LogP contribution in [0.25, 0.3) is 0 Å². The Bertz CT molecular complexity index is 969. The molecule has 1 heterocycles. The SMILES string of the molecule is CC1(C)O[C@@H](C(c2ccccc2)c2ccccc2)[C@H](C(c2ccccc2)c2ccccc2)O1. The molecule has 0 bridgehead atoms. The molecule has 0 aromatic heterocycles. The van der Waals surface area contributed by atoms with E-state index in [2.05, 4.69) is 121 Å². The van der Waals surface area contributed by atoms with Crippen molar-refractivity contribution in [2.75, 3.05) is 0 Å². The summed E-state index contributed by atoms with van der Waals surface area (Å²) < 4.78 is 13.5. The predicted octanol–water partition coefficient (Wildman–Crippen LogP) is 7.17. The van der Waals surface area contributed by atoms with Crippen LogP contribution in [0.4, 0.5) is 0 Å². The van der Waals surface area contributed by atoms with Gasteiger partial charge in [0.15, 0.2) is 5.79 Å². The molecule has 0 unspecified atom stereocenters. The largest absolute Gasteiger partial charge is 0.344 e. The Labute approximate surface area is 196 Å². The van der Waals surface area contributed by atoms with Gasteiger partial charge in [0.25, 0.3) is 0 Å². The summed E-state index contributed by atoms with van der Waals surface area (Å²) in [4.78, 5) is 0. The third kappa shape index (κ3) is 4.64. The van der Waals surface area contributed by atoms with Crippen molar-refractivity contribution in [3.63, 3.8) is 0 Å². The van der Waals surface area contributed by atoms with Crippen molar-refractivity contribution in [2.45, 2.75) is 43.7 Å². The van der Waals surface area contributed by atoms with E-state index in [-0.39, 0.29) is 24.0 Å². The van der Waals surface area contributed by atoms with E-state index in [4.69, 9.17) is 9.47 Å². The van der Waals surface area contributed by atoms with E-state index in [1.807, 2.05) is 13.8 Å². The van der Waals surface area contributed by atoms with Crippen molar-refractivity contribution < 1.29 is 9.47 Å². The van der Waals surface area contributed by atoms with E-state index in [0.717, 1.165) is 0 Å². The van der Waals surface area contributed by atoms with Crippen molar-refractivity contribution in [1.29, 1.82) is 0 Å². The summed E-state index contributed by atoms with van der Waals surface area (Å²) in [6, 6.07) is 42.7. The molecule has 2 atom stereocenters. The number of rotatable bonds is 6. The summed E-state index contributed by atoms with van der Waals surface area (Å²) in [5, 5.41) is 0. The molecule has 0 aliphatic carbocycles. The van der Waals surface area contributed by atoms with Gasteiger partial charge < -0.3 is 9.47 Å². The standard InChI is InChI=1S/C31H30O2/c1-31(2)32-29(27(23-15-7-3-8-16-23)24-17-9-4-10-18-24)30(33-31)28(25-19-11-5-12-20-25)26-21-13-6-14-22-26/h3-22,27-30H,1-2H3/t29-,30-/m0/s1. The van der Waals surface area contributed by atoms with Crippen LogP contribution in [-0.2, 0) is 9.47 Å². The first kappa shape index (κ1) is 21.6. The molecule has 166 valence electrons. The highest BCUT2D eigenvalue weighted by molar-refractivity contribution is 5.39. The second-order valence-electron chi connectivity index (χ2n) is 9.16. The Kier molecular flexibility index (Phi) is 6.13. The molecule has 0 saturated carbocycles. The summed E-state index contributed by atoms with van der Waals surface area (Å²) in [6.07, 6.45) is -0.314. The lowest BCUT2D eigenvalue weighted by Gasteiger charge is -2.32.